The summed E-state index contributed by atoms with van der Waals surface area (Å²) < 4.78 is 39.2. The second-order valence-electron chi connectivity index (χ2n) is 6.05. The van der Waals surface area contributed by atoms with E-state index in [-0.39, 0.29) is 10.6 Å². The van der Waals surface area contributed by atoms with Crippen LogP contribution in [0.4, 0.5) is 11.6 Å². The van der Waals surface area contributed by atoms with Gasteiger partial charge in [-0.1, -0.05) is 0 Å². The molecule has 0 radical (unpaired) electrons. The average molecular weight is 392 g/mol. The van der Waals surface area contributed by atoms with Crippen molar-refractivity contribution in [1.29, 1.82) is 0 Å². The van der Waals surface area contributed by atoms with E-state index in [4.69, 9.17) is 9.47 Å². The molecule has 8 nitrogen and oxygen atoms in total. The van der Waals surface area contributed by atoms with E-state index < -0.39 is 10.0 Å². The lowest BCUT2D eigenvalue weighted by atomic mass is 10.3. The largest absolute Gasteiger partial charge is 0.494 e. The van der Waals surface area contributed by atoms with Crippen LogP contribution in [0.2, 0.25) is 0 Å². The number of aromatic nitrogens is 2. The smallest absolute Gasteiger partial charge is 0.265 e. The van der Waals surface area contributed by atoms with Crippen LogP contribution in [0.3, 0.4) is 0 Å². The molecule has 1 fully saturated rings. The Labute approximate surface area is 159 Å². The van der Waals surface area contributed by atoms with Gasteiger partial charge in [0.25, 0.3) is 10.0 Å². The highest BCUT2D eigenvalue weighted by Gasteiger charge is 2.22. The highest BCUT2D eigenvalue weighted by molar-refractivity contribution is 7.92. The molecule has 0 atom stereocenters. The highest BCUT2D eigenvalue weighted by Crippen LogP contribution is 2.30. The molecule has 2 heterocycles. The van der Waals surface area contributed by atoms with Crippen molar-refractivity contribution in [2.75, 3.05) is 35.9 Å². The molecule has 27 heavy (non-hydrogen) atoms. The van der Waals surface area contributed by atoms with Gasteiger partial charge in [0.05, 0.1) is 31.3 Å². The third-order valence-corrected chi connectivity index (χ3v) is 5.50. The monoisotopic (exact) mass is 392 g/mol. The fourth-order valence-corrected chi connectivity index (χ4v) is 4.08. The molecule has 3 rings (SSSR count). The summed E-state index contributed by atoms with van der Waals surface area (Å²) >= 11 is 0. The number of nitrogens with zero attached hydrogens (tertiary/aromatic N) is 3. The van der Waals surface area contributed by atoms with E-state index in [2.05, 4.69) is 19.6 Å². The topological polar surface area (TPSA) is 93.6 Å². The number of rotatable bonds is 8. The summed E-state index contributed by atoms with van der Waals surface area (Å²) in [6.45, 7) is 6.27. The lowest BCUT2D eigenvalue weighted by Crippen LogP contribution is -2.21. The van der Waals surface area contributed by atoms with Crippen molar-refractivity contribution in [3.05, 3.63) is 30.6 Å². The summed E-state index contributed by atoms with van der Waals surface area (Å²) in [6, 6.07) is 4.73. The Morgan fingerprint density at radius 1 is 1.07 bits per heavy atom. The number of sulfonamides is 1. The first kappa shape index (κ1) is 19.2. The minimum Gasteiger partial charge on any atom is -0.494 e. The maximum Gasteiger partial charge on any atom is 0.265 e. The Morgan fingerprint density at radius 3 is 2.37 bits per heavy atom. The van der Waals surface area contributed by atoms with Crippen LogP contribution in [-0.4, -0.2) is 44.7 Å². The van der Waals surface area contributed by atoms with Crippen molar-refractivity contribution >= 4 is 21.7 Å². The number of anilines is 2. The first-order chi connectivity index (χ1) is 13.0. The number of nitrogens with one attached hydrogen (secondary N) is 1. The van der Waals surface area contributed by atoms with Gasteiger partial charge in [0, 0.05) is 19.2 Å². The van der Waals surface area contributed by atoms with Crippen LogP contribution < -0.4 is 19.1 Å². The lowest BCUT2D eigenvalue weighted by Gasteiger charge is -2.16. The number of hydrogen-bond donors (Lipinski definition) is 1. The summed E-state index contributed by atoms with van der Waals surface area (Å²) in [5.41, 5.74) is 0.294. The normalized spacial score (nSPS) is 14.2. The maximum atomic E-state index is 12.9. The third kappa shape index (κ3) is 4.60. The molecular formula is C18H24N4O4S. The molecule has 1 saturated heterocycles. The fraction of sp³-hybridized carbons (Fsp3) is 0.444. The number of hydrogen-bond acceptors (Lipinski definition) is 7. The molecule has 9 heteroatoms. The van der Waals surface area contributed by atoms with Gasteiger partial charge in [0.15, 0.2) is 0 Å². The average Bonchev–Trinajstić information content (AvgIpc) is 3.18. The van der Waals surface area contributed by atoms with Gasteiger partial charge >= 0.3 is 0 Å². The number of ether oxygens (including phenoxy) is 2. The van der Waals surface area contributed by atoms with Crippen LogP contribution in [-0.2, 0) is 10.0 Å². The number of benzene rings is 1. The van der Waals surface area contributed by atoms with Gasteiger partial charge in [0.1, 0.15) is 16.4 Å². The second kappa shape index (κ2) is 8.43. The molecular weight excluding hydrogens is 368 g/mol. The summed E-state index contributed by atoms with van der Waals surface area (Å²) in [5.74, 6) is 1.34. The van der Waals surface area contributed by atoms with Gasteiger partial charge < -0.3 is 14.4 Å². The second-order valence-corrected chi connectivity index (χ2v) is 7.70. The lowest BCUT2D eigenvalue weighted by molar-refractivity contribution is 0.322. The zero-order valence-electron chi connectivity index (χ0n) is 15.5. The molecule has 1 N–H and O–H groups in total. The summed E-state index contributed by atoms with van der Waals surface area (Å²) in [6.07, 6.45) is 5.19. The first-order valence-electron chi connectivity index (χ1n) is 9.03. The van der Waals surface area contributed by atoms with Crippen LogP contribution in [0.1, 0.15) is 26.7 Å². The molecule has 0 aliphatic carbocycles. The van der Waals surface area contributed by atoms with Crippen LogP contribution in [0.5, 0.6) is 11.5 Å². The third-order valence-electron chi connectivity index (χ3n) is 4.09. The van der Waals surface area contributed by atoms with E-state index in [9.17, 15) is 8.42 Å². The molecule has 0 bridgehead atoms. The van der Waals surface area contributed by atoms with Crippen molar-refractivity contribution in [2.24, 2.45) is 0 Å². The Morgan fingerprint density at radius 2 is 1.74 bits per heavy atom. The van der Waals surface area contributed by atoms with Gasteiger partial charge in [-0.05, 0) is 38.8 Å². The molecule has 0 amide bonds. The zero-order valence-corrected chi connectivity index (χ0v) is 16.3. The van der Waals surface area contributed by atoms with Crippen molar-refractivity contribution in [3.63, 3.8) is 0 Å². The van der Waals surface area contributed by atoms with E-state index in [1.807, 2.05) is 6.92 Å². The SMILES string of the molecule is CCOc1ccc(OCC)c(S(=O)(=O)Nc2cnc(N3CCCC3)nc2)c1. The fourth-order valence-electron chi connectivity index (χ4n) is 2.89. The summed E-state index contributed by atoms with van der Waals surface area (Å²) in [7, 11) is -3.89. The quantitative estimate of drug-likeness (QED) is 0.738. The van der Waals surface area contributed by atoms with Gasteiger partial charge in [-0.3, -0.25) is 4.72 Å². The maximum absolute atomic E-state index is 12.9. The minimum absolute atomic E-state index is 0.0129. The van der Waals surface area contributed by atoms with Crippen LogP contribution in [0.25, 0.3) is 0 Å². The first-order valence-corrected chi connectivity index (χ1v) is 10.5. The molecule has 146 valence electrons. The zero-order chi connectivity index (χ0) is 19.3. The molecule has 0 unspecified atom stereocenters. The van der Waals surface area contributed by atoms with Crippen LogP contribution in [0.15, 0.2) is 35.5 Å². The van der Waals surface area contributed by atoms with Gasteiger partial charge in [-0.2, -0.15) is 0 Å². The van der Waals surface area contributed by atoms with Gasteiger partial charge in [0.2, 0.25) is 5.95 Å². The predicted molar refractivity (Wildman–Crippen MR) is 103 cm³/mol. The van der Waals surface area contributed by atoms with Crippen molar-refractivity contribution in [1.82, 2.24) is 9.97 Å². The van der Waals surface area contributed by atoms with Gasteiger partial charge in [-0.15, -0.1) is 0 Å². The molecule has 0 spiro atoms. The molecule has 0 saturated carbocycles. The Kier molecular flexibility index (Phi) is 6.00. The van der Waals surface area contributed by atoms with Crippen molar-refractivity contribution < 1.29 is 17.9 Å². The van der Waals surface area contributed by atoms with Crippen LogP contribution >= 0.6 is 0 Å². The van der Waals surface area contributed by atoms with Crippen LogP contribution in [0, 0.1) is 0 Å². The Balaban J connectivity index is 1.84. The minimum atomic E-state index is -3.89. The standard InChI is InChI=1S/C18H24N4O4S/c1-3-25-15-7-8-16(26-4-2)17(11-15)27(23,24)21-14-12-19-18(20-13-14)22-9-5-6-10-22/h7-8,11-13,21H,3-6,9-10H2,1-2H3. The Hall–Kier alpha value is -2.55. The molecule has 1 aromatic heterocycles. The Bertz CT molecular complexity index is 865. The van der Waals surface area contributed by atoms with Crippen molar-refractivity contribution in [2.45, 2.75) is 31.6 Å². The summed E-state index contributed by atoms with van der Waals surface area (Å²) in [5, 5.41) is 0. The van der Waals surface area contributed by atoms with E-state index in [0.29, 0.717) is 30.6 Å². The molecule has 1 aromatic carbocycles. The van der Waals surface area contributed by atoms with E-state index in [0.717, 1.165) is 25.9 Å². The van der Waals surface area contributed by atoms with E-state index in [1.165, 1.54) is 18.5 Å². The molecule has 1 aliphatic heterocycles. The van der Waals surface area contributed by atoms with E-state index in [1.54, 1.807) is 19.1 Å². The highest BCUT2D eigenvalue weighted by atomic mass is 32.2. The predicted octanol–water partition coefficient (Wildman–Crippen LogP) is 2.68. The van der Waals surface area contributed by atoms with Crippen molar-refractivity contribution in [3.8, 4) is 11.5 Å². The molecule has 2 aromatic rings. The molecule has 1 aliphatic rings. The summed E-state index contributed by atoms with van der Waals surface area (Å²) in [4.78, 5) is 10.6. The van der Waals surface area contributed by atoms with E-state index >= 15 is 0 Å². The van der Waals surface area contributed by atoms with Gasteiger partial charge in [-0.25, -0.2) is 18.4 Å².